The zero-order valence-electron chi connectivity index (χ0n) is 20.2. The van der Waals surface area contributed by atoms with Crippen molar-refractivity contribution in [2.75, 3.05) is 38.2 Å². The second kappa shape index (κ2) is 9.72. The molecule has 5 rings (SSSR count). The quantitative estimate of drug-likeness (QED) is 0.561. The summed E-state index contributed by atoms with van der Waals surface area (Å²) in [5.74, 6) is 0.349. The minimum atomic E-state index is -0.764. The van der Waals surface area contributed by atoms with E-state index in [0.717, 1.165) is 12.0 Å². The van der Waals surface area contributed by atoms with Crippen LogP contribution in [0.4, 0.5) is 19.3 Å². The molecule has 2 aliphatic rings. The number of allylic oxidation sites excluding steroid dienone is 1. The Kier molecular flexibility index (Phi) is 6.47. The van der Waals surface area contributed by atoms with E-state index in [4.69, 9.17) is 4.74 Å². The molecule has 1 aromatic carbocycles. The van der Waals surface area contributed by atoms with Crippen molar-refractivity contribution < 1.29 is 23.1 Å². The van der Waals surface area contributed by atoms with Gasteiger partial charge >= 0.3 is 6.03 Å². The van der Waals surface area contributed by atoms with Crippen LogP contribution in [0.3, 0.4) is 0 Å². The number of nitrogens with one attached hydrogen (secondary N) is 1. The maximum atomic E-state index is 15.5. The van der Waals surface area contributed by atoms with Crippen molar-refractivity contribution in [1.29, 1.82) is 0 Å². The molecule has 8 nitrogen and oxygen atoms in total. The molecule has 2 saturated heterocycles. The molecule has 4 heterocycles. The third-order valence-corrected chi connectivity index (χ3v) is 6.76. The third kappa shape index (κ3) is 4.34. The summed E-state index contributed by atoms with van der Waals surface area (Å²) in [6, 6.07) is 6.03. The number of pyridine rings is 1. The van der Waals surface area contributed by atoms with Gasteiger partial charge in [-0.15, -0.1) is 0 Å². The summed E-state index contributed by atoms with van der Waals surface area (Å²) in [6.07, 6.45) is 3.01. The average Bonchev–Trinajstić information content (AvgIpc) is 3.48. The number of rotatable bonds is 4. The van der Waals surface area contributed by atoms with Crippen molar-refractivity contribution in [3.63, 3.8) is 0 Å². The van der Waals surface area contributed by atoms with Gasteiger partial charge < -0.3 is 24.3 Å². The summed E-state index contributed by atoms with van der Waals surface area (Å²) >= 11 is 0. The highest BCUT2D eigenvalue weighted by Gasteiger charge is 2.29. The van der Waals surface area contributed by atoms with Crippen LogP contribution in [0.2, 0.25) is 0 Å². The maximum absolute atomic E-state index is 15.5. The number of hydrogen-bond donors (Lipinski definition) is 1. The fraction of sp³-hybridized carbons (Fsp3) is 0.385. The van der Waals surface area contributed by atoms with Crippen molar-refractivity contribution in [3.05, 3.63) is 59.1 Å². The summed E-state index contributed by atoms with van der Waals surface area (Å²) in [7, 11) is 1.57. The van der Waals surface area contributed by atoms with Gasteiger partial charge in [0.25, 0.3) is 0 Å². The number of halogens is 2. The zero-order valence-corrected chi connectivity index (χ0v) is 20.2. The number of hydrogen-bond acceptors (Lipinski definition) is 5. The lowest BCUT2D eigenvalue weighted by molar-refractivity contribution is -0.0134. The van der Waals surface area contributed by atoms with Gasteiger partial charge in [0.05, 0.1) is 29.7 Å². The van der Waals surface area contributed by atoms with Crippen LogP contribution in [-0.4, -0.2) is 65.6 Å². The monoisotopic (exact) mass is 495 g/mol. The minimum Gasteiger partial charge on any atom is -0.374 e. The van der Waals surface area contributed by atoms with E-state index >= 15 is 8.78 Å². The summed E-state index contributed by atoms with van der Waals surface area (Å²) in [5.41, 5.74) is 2.74. The van der Waals surface area contributed by atoms with E-state index in [9.17, 15) is 9.59 Å². The van der Waals surface area contributed by atoms with Gasteiger partial charge in [-0.25, -0.2) is 23.4 Å². The molecular weight excluding hydrogens is 468 g/mol. The molecule has 2 aliphatic heterocycles. The first-order valence-corrected chi connectivity index (χ1v) is 12.0. The molecule has 2 aromatic heterocycles. The highest BCUT2D eigenvalue weighted by Crippen LogP contribution is 2.36. The number of aromatic nitrogens is 2. The van der Waals surface area contributed by atoms with Gasteiger partial charge in [-0.3, -0.25) is 0 Å². The standard InChI is InChI=1S/C26H27F2N5O3/c1-16-5-7-33-22(13-19-14-31(8-9-36-19)26(35)29-2)25(30-23(33)10-16)24-20(27)11-18(12-21(24)28)32-6-3-4-17(32)15-34/h5,7,10-12,19H,3-4,6,8-9,13-14H2,1-2H3,(H,29,35)/t19-/m0/s1. The van der Waals surface area contributed by atoms with Crippen molar-refractivity contribution in [2.45, 2.75) is 32.3 Å². The van der Waals surface area contributed by atoms with Crippen molar-refractivity contribution in [1.82, 2.24) is 19.6 Å². The van der Waals surface area contributed by atoms with Crippen LogP contribution >= 0.6 is 0 Å². The van der Waals surface area contributed by atoms with Crippen LogP contribution in [0, 0.1) is 18.6 Å². The van der Waals surface area contributed by atoms with Gasteiger partial charge in [-0.05, 0) is 43.2 Å². The number of morpholine rings is 1. The second-order valence-corrected chi connectivity index (χ2v) is 9.13. The Balaban J connectivity index is 1.57. The van der Waals surface area contributed by atoms with Gasteiger partial charge in [0.15, 0.2) is 0 Å². The summed E-state index contributed by atoms with van der Waals surface area (Å²) in [6.45, 7) is 3.60. The van der Waals surface area contributed by atoms with Gasteiger partial charge in [0, 0.05) is 51.4 Å². The molecule has 2 fully saturated rings. The molecule has 36 heavy (non-hydrogen) atoms. The first-order valence-electron chi connectivity index (χ1n) is 12.0. The van der Waals surface area contributed by atoms with Crippen molar-refractivity contribution in [2.24, 2.45) is 0 Å². The van der Waals surface area contributed by atoms with E-state index in [1.807, 2.05) is 35.6 Å². The van der Waals surface area contributed by atoms with Crippen LogP contribution in [-0.2, 0) is 16.0 Å². The van der Waals surface area contributed by atoms with Gasteiger partial charge in [-0.2, -0.15) is 0 Å². The topological polar surface area (TPSA) is 79.2 Å². The van der Waals surface area contributed by atoms with Crippen LogP contribution in [0.15, 0.2) is 36.2 Å². The molecule has 0 bridgehead atoms. The number of benzene rings is 1. The number of nitrogens with zero attached hydrogens (tertiary/aromatic N) is 4. The highest BCUT2D eigenvalue weighted by atomic mass is 19.1. The predicted octanol–water partition coefficient (Wildman–Crippen LogP) is 3.49. The Labute approximate surface area is 207 Å². The summed E-state index contributed by atoms with van der Waals surface area (Å²) in [5, 5.41) is 2.62. The molecule has 0 saturated carbocycles. The SMILES string of the molecule is CNC(=O)N1CCO[C@@H](Cc2c(-c3c(F)cc(N4CCCC4=C=O)cc3F)nc3cc(C)ccn23)C1. The molecule has 0 unspecified atom stereocenters. The average molecular weight is 496 g/mol. The smallest absolute Gasteiger partial charge is 0.317 e. The fourth-order valence-corrected chi connectivity index (χ4v) is 5.00. The van der Waals surface area contributed by atoms with E-state index in [1.165, 1.54) is 12.1 Å². The number of aryl methyl sites for hydroxylation is 1. The summed E-state index contributed by atoms with van der Waals surface area (Å²) in [4.78, 5) is 31.3. The van der Waals surface area contributed by atoms with E-state index in [-0.39, 0.29) is 29.1 Å². The highest BCUT2D eigenvalue weighted by molar-refractivity contribution is 5.74. The first kappa shape index (κ1) is 24.0. The van der Waals surface area contributed by atoms with Crippen molar-refractivity contribution >= 4 is 23.3 Å². The Morgan fingerprint density at radius 1 is 1.25 bits per heavy atom. The largest absolute Gasteiger partial charge is 0.374 e. The van der Waals surface area contributed by atoms with Gasteiger partial charge in [0.1, 0.15) is 28.9 Å². The number of urea groups is 1. The van der Waals surface area contributed by atoms with Crippen LogP contribution in [0.25, 0.3) is 16.9 Å². The molecule has 3 aromatic rings. The first-order chi connectivity index (χ1) is 17.4. The van der Waals surface area contributed by atoms with E-state index < -0.39 is 11.6 Å². The molecule has 10 heteroatoms. The third-order valence-electron chi connectivity index (χ3n) is 6.76. The predicted molar refractivity (Wildman–Crippen MR) is 131 cm³/mol. The maximum Gasteiger partial charge on any atom is 0.317 e. The molecule has 0 aliphatic carbocycles. The number of anilines is 1. The molecule has 188 valence electrons. The molecular formula is C26H27F2N5O3. The summed E-state index contributed by atoms with van der Waals surface area (Å²) < 4.78 is 38.8. The number of ether oxygens (including phenoxy) is 1. The van der Waals surface area contributed by atoms with Gasteiger partial charge in [0.2, 0.25) is 0 Å². The second-order valence-electron chi connectivity index (χ2n) is 9.13. The number of amides is 2. The number of carbonyl (C=O) groups is 1. The van der Waals surface area contributed by atoms with Crippen LogP contribution < -0.4 is 10.2 Å². The lowest BCUT2D eigenvalue weighted by Gasteiger charge is -2.32. The fourth-order valence-electron chi connectivity index (χ4n) is 5.00. The normalized spacial score (nSPS) is 18.1. The zero-order chi connectivity index (χ0) is 25.4. The van der Waals surface area contributed by atoms with E-state index in [0.29, 0.717) is 56.1 Å². The number of imidazole rings is 1. The Bertz CT molecular complexity index is 1360. The number of carbonyl (C=O) groups excluding carboxylic acids is 2. The van der Waals surface area contributed by atoms with Crippen LogP contribution in [0.5, 0.6) is 0 Å². The lowest BCUT2D eigenvalue weighted by atomic mass is 10.0. The molecule has 0 radical (unpaired) electrons. The van der Waals surface area contributed by atoms with E-state index in [1.54, 1.807) is 16.8 Å². The molecule has 1 atom stereocenters. The van der Waals surface area contributed by atoms with E-state index in [2.05, 4.69) is 10.3 Å². The Hall–Kier alpha value is -3.75. The minimum absolute atomic E-state index is 0.190. The Morgan fingerprint density at radius 3 is 2.75 bits per heavy atom. The molecule has 2 amide bonds. The van der Waals surface area contributed by atoms with Crippen LogP contribution in [0.1, 0.15) is 24.1 Å². The molecule has 0 spiro atoms. The number of fused-ring (bicyclic) bond motifs is 1. The Morgan fingerprint density at radius 2 is 2.03 bits per heavy atom. The van der Waals surface area contributed by atoms with Crippen molar-refractivity contribution in [3.8, 4) is 11.3 Å². The van der Waals surface area contributed by atoms with Gasteiger partial charge in [-0.1, -0.05) is 0 Å². The lowest BCUT2D eigenvalue weighted by Crippen LogP contribution is -2.49. The molecule has 1 N–H and O–H groups in total.